The Kier molecular flexibility index (Phi) is 7.11. The summed E-state index contributed by atoms with van der Waals surface area (Å²) in [4.78, 5) is 10.7. The molecule has 0 heterocycles. The molecule has 156 valence electrons. The minimum Gasteiger partial charge on any atom is -0.505 e. The van der Waals surface area contributed by atoms with Gasteiger partial charge in [-0.1, -0.05) is 20.8 Å². The molecule has 0 unspecified atom stereocenters. The Morgan fingerprint density at radius 2 is 1.79 bits per heavy atom. The van der Waals surface area contributed by atoms with E-state index in [1.54, 1.807) is 6.07 Å². The average molecular weight is 403 g/mol. The van der Waals surface area contributed by atoms with Crippen LogP contribution < -0.4 is 9.47 Å². The van der Waals surface area contributed by atoms with Crippen molar-refractivity contribution in [2.75, 3.05) is 20.3 Å². The van der Waals surface area contributed by atoms with Crippen molar-refractivity contribution in [1.82, 2.24) is 0 Å². The van der Waals surface area contributed by atoms with E-state index in [2.05, 4.69) is 10.2 Å². The Morgan fingerprint density at radius 1 is 1.10 bits per heavy atom. The molecule has 9 heteroatoms. The van der Waals surface area contributed by atoms with Crippen LogP contribution in [0.4, 0.5) is 17.1 Å². The van der Waals surface area contributed by atoms with Gasteiger partial charge in [-0.3, -0.25) is 10.1 Å². The smallest absolute Gasteiger partial charge is 0.300 e. The number of hydrogen-bond donors (Lipinski definition) is 2. The molecule has 9 nitrogen and oxygen atoms in total. The van der Waals surface area contributed by atoms with E-state index in [0.29, 0.717) is 30.1 Å². The average Bonchev–Trinajstić information content (AvgIpc) is 2.67. The fraction of sp³-hybridized carbons (Fsp3) is 0.400. The normalized spacial score (nSPS) is 11.6. The maximum atomic E-state index is 11.3. The molecule has 0 amide bonds. The number of hydrogen-bond acceptors (Lipinski definition) is 8. The van der Waals surface area contributed by atoms with Crippen LogP contribution in [0.15, 0.2) is 40.6 Å². The zero-order valence-corrected chi connectivity index (χ0v) is 16.9. The van der Waals surface area contributed by atoms with Gasteiger partial charge in [0.25, 0.3) is 5.69 Å². The molecule has 0 aromatic heterocycles. The third kappa shape index (κ3) is 5.64. The molecule has 0 aliphatic rings. The summed E-state index contributed by atoms with van der Waals surface area (Å²) in [5.74, 6) is 0.707. The molecule has 0 saturated carbocycles. The van der Waals surface area contributed by atoms with Crippen LogP contribution in [0.1, 0.15) is 32.8 Å². The van der Waals surface area contributed by atoms with Gasteiger partial charge < -0.3 is 19.7 Å². The van der Waals surface area contributed by atoms with Gasteiger partial charge in [0, 0.05) is 24.7 Å². The Labute approximate surface area is 168 Å². The molecule has 0 aliphatic carbocycles. The number of phenols is 1. The van der Waals surface area contributed by atoms with Crippen molar-refractivity contribution in [3.05, 3.63) is 46.0 Å². The summed E-state index contributed by atoms with van der Waals surface area (Å²) in [7, 11) is 1.41. The second kappa shape index (κ2) is 9.33. The number of aromatic hydroxyl groups is 1. The maximum absolute atomic E-state index is 11.3. The number of azo groups is 1. The van der Waals surface area contributed by atoms with Gasteiger partial charge in [-0.05, 0) is 23.6 Å². The highest BCUT2D eigenvalue weighted by molar-refractivity contribution is 5.63. The number of nitrogens with zero attached hydrogens (tertiary/aromatic N) is 3. The van der Waals surface area contributed by atoms with Crippen molar-refractivity contribution in [2.24, 2.45) is 10.2 Å². The van der Waals surface area contributed by atoms with E-state index in [0.717, 1.165) is 0 Å². The summed E-state index contributed by atoms with van der Waals surface area (Å²) in [5, 5.41) is 38.9. The lowest BCUT2D eigenvalue weighted by Gasteiger charge is -2.22. The molecule has 2 rings (SSSR count). The minimum absolute atomic E-state index is 0.00207. The number of aliphatic hydroxyl groups excluding tert-OH is 1. The molecule has 0 radical (unpaired) electrons. The summed E-state index contributed by atoms with van der Waals surface area (Å²) in [6, 6.07) is 7.42. The van der Waals surface area contributed by atoms with E-state index >= 15 is 0 Å². The molecule has 0 spiro atoms. The van der Waals surface area contributed by atoms with Gasteiger partial charge in [0.05, 0.1) is 24.7 Å². The van der Waals surface area contributed by atoms with Crippen molar-refractivity contribution in [3.8, 4) is 17.2 Å². The topological polar surface area (TPSA) is 127 Å². The second-order valence-electron chi connectivity index (χ2n) is 7.33. The van der Waals surface area contributed by atoms with Crippen molar-refractivity contribution in [2.45, 2.75) is 32.6 Å². The Morgan fingerprint density at radius 3 is 2.38 bits per heavy atom. The first-order chi connectivity index (χ1) is 13.7. The van der Waals surface area contributed by atoms with Gasteiger partial charge in [0.15, 0.2) is 5.69 Å². The highest BCUT2D eigenvalue weighted by atomic mass is 16.6. The van der Waals surface area contributed by atoms with E-state index in [4.69, 9.17) is 14.6 Å². The highest BCUT2D eigenvalue weighted by Gasteiger charge is 2.22. The third-order valence-corrected chi connectivity index (χ3v) is 4.09. The van der Waals surface area contributed by atoms with Crippen LogP contribution in [0.5, 0.6) is 17.2 Å². The molecule has 2 aromatic rings. The molecule has 2 aromatic carbocycles. The number of methoxy groups -OCH3 is 1. The monoisotopic (exact) mass is 403 g/mol. The SMILES string of the molecule is COc1ccc(N=Nc2cc(OCCCO)cc(C(C)(C)C)c2O)c([N+](=O)[O-])c1. The van der Waals surface area contributed by atoms with Crippen LogP contribution in [0.3, 0.4) is 0 Å². The van der Waals surface area contributed by atoms with Gasteiger partial charge in [0.2, 0.25) is 0 Å². The van der Waals surface area contributed by atoms with E-state index in [1.807, 2.05) is 20.8 Å². The lowest BCUT2D eigenvalue weighted by molar-refractivity contribution is -0.384. The largest absolute Gasteiger partial charge is 0.505 e. The number of benzene rings is 2. The minimum atomic E-state index is -0.578. The molecule has 0 bridgehead atoms. The van der Waals surface area contributed by atoms with Gasteiger partial charge in [-0.2, -0.15) is 0 Å². The molecule has 0 saturated heterocycles. The van der Waals surface area contributed by atoms with Gasteiger partial charge in [-0.15, -0.1) is 10.2 Å². The van der Waals surface area contributed by atoms with E-state index in [-0.39, 0.29) is 29.4 Å². The molecule has 0 atom stereocenters. The van der Waals surface area contributed by atoms with E-state index < -0.39 is 10.3 Å². The van der Waals surface area contributed by atoms with Gasteiger partial charge in [0.1, 0.15) is 22.9 Å². The summed E-state index contributed by atoms with van der Waals surface area (Å²) < 4.78 is 10.6. The maximum Gasteiger partial charge on any atom is 0.300 e. The van der Waals surface area contributed by atoms with Crippen LogP contribution in [-0.2, 0) is 5.41 Å². The predicted molar refractivity (Wildman–Crippen MR) is 108 cm³/mol. The van der Waals surface area contributed by atoms with Crippen molar-refractivity contribution in [1.29, 1.82) is 0 Å². The molecule has 0 fully saturated rings. The zero-order valence-electron chi connectivity index (χ0n) is 16.9. The summed E-state index contributed by atoms with van der Waals surface area (Å²) >= 11 is 0. The number of nitro benzene ring substituents is 1. The van der Waals surface area contributed by atoms with Crippen molar-refractivity contribution >= 4 is 17.1 Å². The molecular formula is C20H25N3O6. The van der Waals surface area contributed by atoms with Crippen LogP contribution in [0.2, 0.25) is 0 Å². The number of aliphatic hydroxyl groups is 1. The summed E-state index contributed by atoms with van der Waals surface area (Å²) in [5.41, 5.74) is 0.0772. The lowest BCUT2D eigenvalue weighted by atomic mass is 9.86. The third-order valence-electron chi connectivity index (χ3n) is 4.09. The van der Waals surface area contributed by atoms with Crippen LogP contribution in [0, 0.1) is 10.1 Å². The molecule has 29 heavy (non-hydrogen) atoms. The highest BCUT2D eigenvalue weighted by Crippen LogP contribution is 2.42. The molecular weight excluding hydrogens is 378 g/mol. The number of ether oxygens (including phenoxy) is 2. The second-order valence-corrected chi connectivity index (χ2v) is 7.33. The first kappa shape index (κ1) is 22.1. The summed E-state index contributed by atoms with van der Waals surface area (Å²) in [6.45, 7) is 6.07. The van der Waals surface area contributed by atoms with Crippen molar-refractivity contribution in [3.63, 3.8) is 0 Å². The first-order valence-corrected chi connectivity index (χ1v) is 9.02. The van der Waals surface area contributed by atoms with E-state index in [1.165, 1.54) is 31.4 Å². The number of nitro groups is 1. The number of rotatable bonds is 8. The Hall–Kier alpha value is -3.20. The van der Waals surface area contributed by atoms with E-state index in [9.17, 15) is 15.2 Å². The Balaban J connectivity index is 2.48. The van der Waals surface area contributed by atoms with Crippen molar-refractivity contribution < 1.29 is 24.6 Å². The fourth-order valence-electron chi connectivity index (χ4n) is 2.55. The lowest BCUT2D eigenvalue weighted by Crippen LogP contribution is -2.12. The zero-order chi connectivity index (χ0) is 21.6. The summed E-state index contributed by atoms with van der Waals surface area (Å²) in [6.07, 6.45) is 0.459. The van der Waals surface area contributed by atoms with Gasteiger partial charge in [-0.25, -0.2) is 0 Å². The van der Waals surface area contributed by atoms with Crippen LogP contribution in [-0.4, -0.2) is 35.5 Å². The van der Waals surface area contributed by atoms with Gasteiger partial charge >= 0.3 is 0 Å². The van der Waals surface area contributed by atoms with Crippen LogP contribution in [0.25, 0.3) is 0 Å². The Bertz CT molecular complexity index is 906. The molecule has 0 aliphatic heterocycles. The number of phenolic OH excluding ortho intramolecular Hbond substituents is 1. The predicted octanol–water partition coefficient (Wildman–Crippen LogP) is 4.78. The quantitative estimate of drug-likeness (QED) is 0.282. The molecule has 2 N–H and O–H groups in total. The fourth-order valence-corrected chi connectivity index (χ4v) is 2.55. The first-order valence-electron chi connectivity index (χ1n) is 9.02. The van der Waals surface area contributed by atoms with Crippen LogP contribution >= 0.6 is 0 Å². The standard InChI is InChI=1S/C20H25N3O6/c1-20(2,3)15-10-14(29-9-5-8-24)11-17(19(15)25)22-21-16-7-6-13(28-4)12-18(16)23(26)27/h6-7,10-12,24-25H,5,8-9H2,1-4H3.